The number of unbranched alkanes of at least 4 members (excludes halogenated alkanes) is 60. The van der Waals surface area contributed by atoms with Crippen LogP contribution in [-0.4, -0.2) is 67.1 Å². The zero-order chi connectivity index (χ0) is 65.4. The number of hydrogen-bond donors (Lipinski definition) is 6. The first-order chi connectivity index (χ1) is 43.7. The molecule has 0 heterocycles. The lowest BCUT2D eigenvalue weighted by atomic mass is 9.94. The number of rotatable bonds is 76. The molecule has 0 aliphatic carbocycles. The minimum absolute atomic E-state index is 0.269. The highest BCUT2D eigenvalue weighted by Crippen LogP contribution is 2.23. The molecule has 0 atom stereocenters. The van der Waals surface area contributed by atoms with Crippen molar-refractivity contribution in [3.63, 3.8) is 0 Å². The van der Waals surface area contributed by atoms with Crippen molar-refractivity contribution in [2.75, 3.05) is 39.4 Å². The molecular weight excluding hydrogens is 1120 g/mol. The lowest BCUT2D eigenvalue weighted by Crippen LogP contribution is -2.25. The summed E-state index contributed by atoms with van der Waals surface area (Å²) in [5.74, 6) is 1.63. The maximum atomic E-state index is 9.17. The molecule has 0 aromatic rings. The molecule has 0 saturated carbocycles. The Bertz CT molecular complexity index is 1150. The van der Waals surface area contributed by atoms with Crippen LogP contribution in [0.2, 0.25) is 0 Å². The van der Waals surface area contributed by atoms with Gasteiger partial charge in [-0.3, -0.25) is 9.11 Å². The van der Waals surface area contributed by atoms with E-state index in [4.69, 9.17) is 27.7 Å². The zero-order valence-corrected chi connectivity index (χ0v) is 62.3. The van der Waals surface area contributed by atoms with E-state index in [9.17, 15) is 0 Å². The molecule has 0 aromatic heterocycles. The topological polar surface area (TPSA) is 139 Å². The second kappa shape index (κ2) is 85.7. The molecule has 0 spiro atoms. The van der Waals surface area contributed by atoms with Crippen molar-refractivity contribution in [2.24, 2.45) is 11.8 Å². The van der Waals surface area contributed by atoms with Crippen molar-refractivity contribution in [2.45, 2.75) is 464 Å². The quantitative estimate of drug-likeness (QED) is 0.0261. The largest absolute Gasteiger partial charge is 0.395 e. The predicted octanol–water partition coefficient (Wildman–Crippen LogP) is 26.3. The molecule has 0 aliphatic rings. The molecule has 0 saturated heterocycles. The lowest BCUT2D eigenvalue weighted by Gasteiger charge is -2.17. The maximum Gasteiger partial charge on any atom is 0.394 e. The Hall–Kier alpha value is -0.290. The summed E-state index contributed by atoms with van der Waals surface area (Å²) in [4.78, 5) is 0. The highest BCUT2D eigenvalue weighted by Gasteiger charge is 2.10. The minimum Gasteiger partial charge on any atom is -0.395 e. The Morgan fingerprint density at radius 3 is 0.449 bits per heavy atom. The molecule has 8 nitrogen and oxygen atoms in total. The first-order valence-electron chi connectivity index (χ1n) is 41.0. The summed E-state index contributed by atoms with van der Waals surface area (Å²) >= 11 is 0. The van der Waals surface area contributed by atoms with Crippen LogP contribution in [0.1, 0.15) is 464 Å². The van der Waals surface area contributed by atoms with E-state index in [1.165, 1.54) is 437 Å². The van der Waals surface area contributed by atoms with Crippen LogP contribution < -0.4 is 10.6 Å². The second-order valence-corrected chi connectivity index (χ2v) is 29.3. The third kappa shape index (κ3) is 96.5. The van der Waals surface area contributed by atoms with Gasteiger partial charge >= 0.3 is 10.4 Å². The molecule has 0 aliphatic heterocycles. The molecule has 0 unspecified atom stereocenters. The third-order valence-electron chi connectivity index (χ3n) is 19.3. The first kappa shape index (κ1) is 92.9. The Balaban J connectivity index is -0.00000154. The van der Waals surface area contributed by atoms with Gasteiger partial charge in [0.2, 0.25) is 0 Å². The van der Waals surface area contributed by atoms with Gasteiger partial charge < -0.3 is 20.8 Å². The first-order valence-corrected chi connectivity index (χ1v) is 42.4. The highest BCUT2D eigenvalue weighted by atomic mass is 32.3. The Morgan fingerprint density at radius 2 is 0.337 bits per heavy atom. The van der Waals surface area contributed by atoms with Crippen LogP contribution in [0.5, 0.6) is 0 Å². The van der Waals surface area contributed by atoms with Crippen molar-refractivity contribution in [3.05, 3.63) is 0 Å². The van der Waals surface area contributed by atoms with Gasteiger partial charge in [-0.2, -0.15) is 8.42 Å². The van der Waals surface area contributed by atoms with Gasteiger partial charge in [-0.15, -0.1) is 0 Å². The molecular formula is C80H168N2O6S. The summed E-state index contributed by atoms with van der Waals surface area (Å²) in [6, 6.07) is 0. The fourth-order valence-electron chi connectivity index (χ4n) is 13.4. The van der Waals surface area contributed by atoms with Crippen molar-refractivity contribution < 1.29 is 27.7 Å². The summed E-state index contributed by atoms with van der Waals surface area (Å²) < 4.78 is 31.6. The second-order valence-electron chi connectivity index (χ2n) is 28.4. The van der Waals surface area contributed by atoms with E-state index in [2.05, 4.69) is 38.3 Å². The van der Waals surface area contributed by atoms with Crippen LogP contribution in [0.4, 0.5) is 0 Å². The van der Waals surface area contributed by atoms with E-state index in [0.29, 0.717) is 0 Å². The van der Waals surface area contributed by atoms with Gasteiger partial charge in [-0.25, -0.2) is 0 Å². The van der Waals surface area contributed by atoms with Gasteiger partial charge in [0.05, 0.1) is 13.2 Å². The van der Waals surface area contributed by atoms with Crippen LogP contribution >= 0.6 is 0 Å². The highest BCUT2D eigenvalue weighted by molar-refractivity contribution is 7.79. The average molecular weight is 1290 g/mol. The van der Waals surface area contributed by atoms with Crippen LogP contribution in [0.25, 0.3) is 0 Å². The van der Waals surface area contributed by atoms with E-state index in [-0.39, 0.29) is 13.2 Å². The summed E-state index contributed by atoms with van der Waals surface area (Å²) in [5.41, 5.74) is 0. The minimum atomic E-state index is -4.67. The SMILES string of the molecule is CCCCCCCCCCCCCCCCCCC(CCCCCCCCCCCCCCCCCC)CNCCO.CCCCCCCCCCCCCCCCCCC(CCCCCCCCCCCCCCCCCC)CNCCO.O=S(=O)(O)O. The number of hydrogen-bond acceptors (Lipinski definition) is 6. The van der Waals surface area contributed by atoms with E-state index < -0.39 is 10.4 Å². The van der Waals surface area contributed by atoms with E-state index >= 15 is 0 Å². The van der Waals surface area contributed by atoms with E-state index in [1.807, 2.05) is 0 Å². The predicted molar refractivity (Wildman–Crippen MR) is 398 cm³/mol. The summed E-state index contributed by atoms with van der Waals surface area (Å²) in [6.07, 6.45) is 98.2. The van der Waals surface area contributed by atoms with Crippen molar-refractivity contribution in [1.82, 2.24) is 10.6 Å². The van der Waals surface area contributed by atoms with Crippen LogP contribution in [0.3, 0.4) is 0 Å². The summed E-state index contributed by atoms with van der Waals surface area (Å²) in [6.45, 7) is 13.5. The van der Waals surface area contributed by atoms with Gasteiger partial charge in [-0.05, 0) is 50.6 Å². The molecule has 89 heavy (non-hydrogen) atoms. The standard InChI is InChI=1S/2C40H83NO.H2O4S/c2*1-3-5-7-9-11-13-15-17-19-21-23-25-27-29-31-33-35-40(39-41-37-38-42)36-34-32-30-28-26-24-22-20-18-16-14-12-10-8-6-4-2;1-5(2,3)4/h2*40-42H,3-39H2,1-2H3;(H2,1,2,3,4). The van der Waals surface area contributed by atoms with Gasteiger partial charge in [0.15, 0.2) is 0 Å². The van der Waals surface area contributed by atoms with Gasteiger partial charge in [-0.1, -0.05) is 439 Å². The molecule has 0 bridgehead atoms. The third-order valence-corrected chi connectivity index (χ3v) is 19.3. The number of aliphatic hydroxyl groups is 2. The lowest BCUT2D eigenvalue weighted by molar-refractivity contribution is 0.283. The maximum absolute atomic E-state index is 9.17. The molecule has 0 rings (SSSR count). The van der Waals surface area contributed by atoms with E-state index in [1.54, 1.807) is 0 Å². The Labute approximate surface area is 561 Å². The molecule has 0 fully saturated rings. The number of aliphatic hydroxyl groups excluding tert-OH is 2. The zero-order valence-electron chi connectivity index (χ0n) is 61.5. The van der Waals surface area contributed by atoms with Crippen molar-refractivity contribution in [1.29, 1.82) is 0 Å². The van der Waals surface area contributed by atoms with Crippen molar-refractivity contribution >= 4 is 10.4 Å². The molecule has 0 amide bonds. The molecule has 0 radical (unpaired) electrons. The summed E-state index contributed by atoms with van der Waals surface area (Å²) in [5, 5.41) is 25.3. The number of nitrogens with one attached hydrogen (secondary N) is 2. The Morgan fingerprint density at radius 1 is 0.225 bits per heavy atom. The Kier molecular flexibility index (Phi) is 89.5. The summed E-state index contributed by atoms with van der Waals surface area (Å²) in [7, 11) is -4.67. The van der Waals surface area contributed by atoms with Gasteiger partial charge in [0.25, 0.3) is 0 Å². The van der Waals surface area contributed by atoms with Crippen molar-refractivity contribution in [3.8, 4) is 0 Å². The molecule has 9 heteroatoms. The fourth-order valence-corrected chi connectivity index (χ4v) is 13.4. The average Bonchev–Trinajstić information content (AvgIpc) is 3.53. The molecule has 0 aromatic carbocycles. The molecule has 540 valence electrons. The van der Waals surface area contributed by atoms with Crippen LogP contribution in [0, 0.1) is 11.8 Å². The van der Waals surface area contributed by atoms with Gasteiger partial charge in [0.1, 0.15) is 0 Å². The normalized spacial score (nSPS) is 11.7. The smallest absolute Gasteiger partial charge is 0.394 e. The van der Waals surface area contributed by atoms with Crippen LogP contribution in [0.15, 0.2) is 0 Å². The monoisotopic (exact) mass is 1290 g/mol. The van der Waals surface area contributed by atoms with Gasteiger partial charge in [0, 0.05) is 13.1 Å². The van der Waals surface area contributed by atoms with Crippen LogP contribution in [-0.2, 0) is 10.4 Å². The fraction of sp³-hybridized carbons (Fsp3) is 1.00. The molecule has 6 N–H and O–H groups in total. The van der Waals surface area contributed by atoms with E-state index in [0.717, 1.165) is 38.0 Å².